The highest BCUT2D eigenvalue weighted by Gasteiger charge is 1.99. The molecule has 0 aliphatic carbocycles. The molecular weight excluding hydrogens is 160 g/mol. The summed E-state index contributed by atoms with van der Waals surface area (Å²) in [5, 5.41) is 10.6. The largest absolute Gasteiger partial charge is 0.469 e. The van der Waals surface area contributed by atoms with Crippen molar-refractivity contribution in [3.8, 4) is 0 Å². The van der Waals surface area contributed by atoms with Crippen LogP contribution in [0.4, 0.5) is 0 Å². The average molecular weight is 170 g/mol. The molecule has 1 aromatic rings. The summed E-state index contributed by atoms with van der Waals surface area (Å²) < 4.78 is 6.04. The number of aromatic nitrogens is 4. The van der Waals surface area contributed by atoms with Crippen LogP contribution in [0.2, 0.25) is 0 Å². The summed E-state index contributed by atoms with van der Waals surface area (Å²) >= 11 is 0. The molecule has 6 heteroatoms. The third-order valence-electron chi connectivity index (χ3n) is 1.39. The third kappa shape index (κ3) is 2.65. The Balaban J connectivity index is 2.15. The minimum absolute atomic E-state index is 0.205. The van der Waals surface area contributed by atoms with E-state index in [2.05, 4.69) is 20.3 Å². The first-order chi connectivity index (χ1) is 5.83. The molecular formula is C6H10N4O2. The van der Waals surface area contributed by atoms with E-state index < -0.39 is 0 Å². The second-order valence-corrected chi connectivity index (χ2v) is 2.25. The van der Waals surface area contributed by atoms with E-state index in [9.17, 15) is 4.79 Å². The van der Waals surface area contributed by atoms with Gasteiger partial charge in [0, 0.05) is 13.0 Å². The van der Waals surface area contributed by atoms with Crippen molar-refractivity contribution in [1.29, 1.82) is 0 Å². The smallest absolute Gasteiger partial charge is 0.305 e. The fraction of sp³-hybridized carbons (Fsp3) is 0.667. The van der Waals surface area contributed by atoms with Crippen LogP contribution in [0.5, 0.6) is 0 Å². The number of rotatable bonds is 4. The number of hydrogen-bond acceptors (Lipinski definition) is 5. The van der Waals surface area contributed by atoms with E-state index in [0.29, 0.717) is 19.4 Å². The SMILES string of the molecule is COC(=O)CCCn1cnnn1. The van der Waals surface area contributed by atoms with Crippen molar-refractivity contribution in [1.82, 2.24) is 20.2 Å². The fourth-order valence-corrected chi connectivity index (χ4v) is 0.770. The van der Waals surface area contributed by atoms with Crippen LogP contribution in [-0.2, 0) is 16.1 Å². The van der Waals surface area contributed by atoms with E-state index in [0.717, 1.165) is 0 Å². The van der Waals surface area contributed by atoms with Gasteiger partial charge in [-0.1, -0.05) is 0 Å². The lowest BCUT2D eigenvalue weighted by atomic mass is 10.3. The number of aryl methyl sites for hydroxylation is 1. The Kier molecular flexibility index (Phi) is 3.18. The Morgan fingerprint density at radius 1 is 1.67 bits per heavy atom. The minimum Gasteiger partial charge on any atom is -0.469 e. The lowest BCUT2D eigenvalue weighted by Gasteiger charge is -1.98. The van der Waals surface area contributed by atoms with Crippen LogP contribution in [0.1, 0.15) is 12.8 Å². The molecule has 0 aliphatic rings. The molecule has 1 heterocycles. The van der Waals surface area contributed by atoms with Crippen LogP contribution in [0, 0.1) is 0 Å². The van der Waals surface area contributed by atoms with Crippen molar-refractivity contribution in [2.75, 3.05) is 7.11 Å². The van der Waals surface area contributed by atoms with Crippen LogP contribution in [0.15, 0.2) is 6.33 Å². The van der Waals surface area contributed by atoms with E-state index in [1.54, 1.807) is 4.68 Å². The Hall–Kier alpha value is -1.46. The van der Waals surface area contributed by atoms with E-state index >= 15 is 0 Å². The lowest BCUT2D eigenvalue weighted by molar-refractivity contribution is -0.140. The highest BCUT2D eigenvalue weighted by molar-refractivity contribution is 5.68. The number of hydrogen-bond donors (Lipinski definition) is 0. The molecule has 0 spiro atoms. The molecule has 0 aromatic carbocycles. The molecule has 1 rings (SSSR count). The van der Waals surface area contributed by atoms with Gasteiger partial charge in [0.25, 0.3) is 0 Å². The number of nitrogens with zero attached hydrogens (tertiary/aromatic N) is 4. The number of carbonyl (C=O) groups excluding carboxylic acids is 1. The number of carbonyl (C=O) groups is 1. The van der Waals surface area contributed by atoms with Gasteiger partial charge in [-0.05, 0) is 16.8 Å². The zero-order valence-electron chi connectivity index (χ0n) is 6.80. The second kappa shape index (κ2) is 4.42. The molecule has 0 atom stereocenters. The minimum atomic E-state index is -0.205. The van der Waals surface area contributed by atoms with Crippen LogP contribution >= 0.6 is 0 Å². The molecule has 6 nitrogen and oxygen atoms in total. The van der Waals surface area contributed by atoms with Crippen molar-refractivity contribution in [3.05, 3.63) is 6.33 Å². The van der Waals surface area contributed by atoms with Crippen molar-refractivity contribution < 1.29 is 9.53 Å². The predicted octanol–water partition coefficient (Wildman–Crippen LogP) is -0.374. The molecule has 0 saturated carbocycles. The molecule has 0 fully saturated rings. The Morgan fingerprint density at radius 2 is 2.50 bits per heavy atom. The van der Waals surface area contributed by atoms with E-state index in [-0.39, 0.29) is 5.97 Å². The van der Waals surface area contributed by atoms with Gasteiger partial charge in [0.05, 0.1) is 7.11 Å². The molecule has 0 radical (unpaired) electrons. The molecule has 66 valence electrons. The number of ether oxygens (including phenoxy) is 1. The summed E-state index contributed by atoms with van der Waals surface area (Å²) in [7, 11) is 1.37. The van der Waals surface area contributed by atoms with E-state index in [1.165, 1.54) is 13.4 Å². The number of methoxy groups -OCH3 is 1. The van der Waals surface area contributed by atoms with Crippen molar-refractivity contribution >= 4 is 5.97 Å². The molecule has 0 unspecified atom stereocenters. The predicted molar refractivity (Wildman–Crippen MR) is 39.1 cm³/mol. The Labute approximate surface area is 69.5 Å². The van der Waals surface area contributed by atoms with Crippen LogP contribution in [-0.4, -0.2) is 33.3 Å². The summed E-state index contributed by atoms with van der Waals surface area (Å²) in [4.78, 5) is 10.7. The van der Waals surface area contributed by atoms with Gasteiger partial charge in [-0.25, -0.2) is 4.68 Å². The van der Waals surface area contributed by atoms with E-state index in [4.69, 9.17) is 0 Å². The van der Waals surface area contributed by atoms with Gasteiger partial charge >= 0.3 is 5.97 Å². The fourth-order valence-electron chi connectivity index (χ4n) is 0.770. The topological polar surface area (TPSA) is 69.9 Å². The summed E-state index contributed by atoms with van der Waals surface area (Å²) in [5.74, 6) is -0.205. The first-order valence-corrected chi connectivity index (χ1v) is 3.60. The summed E-state index contributed by atoms with van der Waals surface area (Å²) in [6.45, 7) is 0.641. The maximum absolute atomic E-state index is 10.7. The van der Waals surface area contributed by atoms with Gasteiger partial charge in [0.15, 0.2) is 0 Å². The van der Waals surface area contributed by atoms with Gasteiger partial charge in [-0.3, -0.25) is 4.79 Å². The zero-order chi connectivity index (χ0) is 8.81. The molecule has 0 N–H and O–H groups in total. The van der Waals surface area contributed by atoms with Gasteiger partial charge in [-0.15, -0.1) is 5.10 Å². The van der Waals surface area contributed by atoms with Gasteiger partial charge in [-0.2, -0.15) is 0 Å². The highest BCUT2D eigenvalue weighted by Crippen LogP contribution is 1.93. The van der Waals surface area contributed by atoms with Crippen molar-refractivity contribution in [2.45, 2.75) is 19.4 Å². The maximum atomic E-state index is 10.7. The van der Waals surface area contributed by atoms with E-state index in [1.807, 2.05) is 0 Å². The zero-order valence-corrected chi connectivity index (χ0v) is 6.80. The number of tetrazole rings is 1. The lowest BCUT2D eigenvalue weighted by Crippen LogP contribution is -2.04. The maximum Gasteiger partial charge on any atom is 0.305 e. The standard InChI is InChI=1S/C6H10N4O2/c1-12-6(11)3-2-4-10-5-7-8-9-10/h5H,2-4H2,1H3. The van der Waals surface area contributed by atoms with Gasteiger partial charge in [0.2, 0.25) is 0 Å². The number of esters is 1. The molecule has 0 bridgehead atoms. The second-order valence-electron chi connectivity index (χ2n) is 2.25. The van der Waals surface area contributed by atoms with Crippen LogP contribution in [0.25, 0.3) is 0 Å². The first-order valence-electron chi connectivity index (χ1n) is 3.60. The summed E-state index contributed by atoms with van der Waals surface area (Å²) in [6, 6.07) is 0. The molecule has 0 aliphatic heterocycles. The molecule has 0 amide bonds. The van der Waals surface area contributed by atoms with Crippen LogP contribution in [0.3, 0.4) is 0 Å². The van der Waals surface area contributed by atoms with Crippen molar-refractivity contribution in [2.24, 2.45) is 0 Å². The summed E-state index contributed by atoms with van der Waals surface area (Å²) in [5.41, 5.74) is 0. The Bertz CT molecular complexity index is 234. The molecule has 12 heavy (non-hydrogen) atoms. The first kappa shape index (κ1) is 8.63. The van der Waals surface area contributed by atoms with Gasteiger partial charge in [0.1, 0.15) is 6.33 Å². The molecule has 1 aromatic heterocycles. The van der Waals surface area contributed by atoms with Crippen LogP contribution < -0.4 is 0 Å². The quantitative estimate of drug-likeness (QED) is 0.576. The average Bonchev–Trinajstić information content (AvgIpc) is 2.57. The normalized spacial score (nSPS) is 9.75. The molecule has 0 saturated heterocycles. The Morgan fingerprint density at radius 3 is 3.08 bits per heavy atom. The highest BCUT2D eigenvalue weighted by atomic mass is 16.5. The van der Waals surface area contributed by atoms with Crippen molar-refractivity contribution in [3.63, 3.8) is 0 Å². The summed E-state index contributed by atoms with van der Waals surface area (Å²) in [6.07, 6.45) is 2.60. The monoisotopic (exact) mass is 170 g/mol. The third-order valence-corrected chi connectivity index (χ3v) is 1.39. The van der Waals surface area contributed by atoms with Gasteiger partial charge < -0.3 is 4.74 Å².